The van der Waals surface area contributed by atoms with Crippen LogP contribution in [0.4, 0.5) is 0 Å². The first-order valence-corrected chi connectivity index (χ1v) is 24.0. The van der Waals surface area contributed by atoms with Gasteiger partial charge < -0.3 is 118 Å². The quantitative estimate of drug-likeness (QED) is 0.110. The first-order valence-electron chi connectivity index (χ1n) is 20.8. The van der Waals surface area contributed by atoms with E-state index in [9.17, 15) is 61.3 Å². The molecule has 24 nitrogen and oxygen atoms in total. The molecule has 0 radical (unpaired) electrons. The fourth-order valence-corrected chi connectivity index (χ4v) is 10.3. The van der Waals surface area contributed by atoms with E-state index >= 15 is 0 Å². The van der Waals surface area contributed by atoms with Crippen LogP contribution in [-0.4, -0.2) is 281 Å². The second kappa shape index (κ2) is 23.3. The maximum absolute atomic E-state index is 11.3. The molecule has 0 amide bonds. The zero-order chi connectivity index (χ0) is 48.0. The van der Waals surface area contributed by atoms with Gasteiger partial charge in [0, 0.05) is 0 Å². The predicted molar refractivity (Wildman–Crippen MR) is 218 cm³/mol. The highest BCUT2D eigenvalue weighted by molar-refractivity contribution is 6.19. The lowest BCUT2D eigenvalue weighted by molar-refractivity contribution is -0.396. The zero-order valence-corrected chi connectivity index (χ0v) is 38.6. The Hall–Kier alpha value is 0.780. The Bertz CT molecular complexity index is 1260. The van der Waals surface area contributed by atoms with Crippen molar-refractivity contribution in [3.05, 3.63) is 0 Å². The van der Waals surface area contributed by atoms with Crippen molar-refractivity contribution in [2.24, 2.45) is 0 Å². The molecule has 30 heteroatoms. The molecule has 22 saturated heterocycles. The monoisotopic (exact) mass is 1080 g/mol. The molecule has 22 aliphatic rings. The average Bonchev–Trinajstić information content (AvgIpc) is 3.31. The van der Waals surface area contributed by atoms with Gasteiger partial charge in [0.05, 0.1) is 35.3 Å². The van der Waals surface area contributed by atoms with Crippen molar-refractivity contribution in [2.75, 3.05) is 35.3 Å². The van der Waals surface area contributed by atoms with Crippen molar-refractivity contribution in [3.8, 4) is 0 Å². The van der Waals surface area contributed by atoms with Gasteiger partial charge in [-0.1, -0.05) is 0 Å². The van der Waals surface area contributed by atoms with Crippen molar-refractivity contribution >= 4 is 69.6 Å². The summed E-state index contributed by atoms with van der Waals surface area (Å²) in [4.78, 5) is 0. The summed E-state index contributed by atoms with van der Waals surface area (Å²) in [5, 5.41) is 135. The molecule has 66 heavy (non-hydrogen) atoms. The Morgan fingerprint density at radius 3 is 0.424 bits per heavy atom. The molecule has 30 atom stereocenters. The molecule has 0 aromatic carbocycles. The largest absolute Gasteiger partial charge is 0.387 e. The summed E-state index contributed by atoms with van der Waals surface area (Å²) in [5.74, 6) is -2.73. The number of halogens is 6. The van der Waals surface area contributed by atoms with E-state index in [2.05, 4.69) is 0 Å². The summed E-state index contributed by atoms with van der Waals surface area (Å²) in [6, 6.07) is 0. The van der Waals surface area contributed by atoms with Gasteiger partial charge in [0.15, 0.2) is 37.7 Å². The van der Waals surface area contributed by atoms with Gasteiger partial charge in [-0.2, -0.15) is 0 Å². The number of alkyl halides is 6. The third-order valence-electron chi connectivity index (χ3n) is 12.5. The molecule has 0 aliphatic carbocycles. The van der Waals surface area contributed by atoms with Crippen LogP contribution in [0, 0.1) is 0 Å². The Kier molecular flexibility index (Phi) is 19.3. The van der Waals surface area contributed by atoms with Gasteiger partial charge >= 0.3 is 0 Å². The van der Waals surface area contributed by atoms with Crippen LogP contribution >= 0.6 is 69.6 Å². The standard InChI is InChI=1S/C36H54Cl6O24/c37-1-7-25-13(43)19(49)31(55-7)62-26-8(2-38)57-33(21(51)15(26)45)64-28-10(4-40)59-35(23(53)17(28)47)66-30-12(6-42)60-36(24(54)18(30)48)65-29-11(5-41)58-34(22(52)16(29)46)63-27-9(3-39)56-32(61-25)20(50)14(27)44/h7-36,43-54H,1-6H2/t7-,8-,9-,10-,11-,12-,13-,14-,15-,16-,17-,18-,19-,20-,21-,22-,23-,24-,25-,26-,27-,28-,29-,30-,31-,32-,33-,34-,35-,36-/m1/s1. The topological polar surface area (TPSA) is 354 Å². The summed E-state index contributed by atoms with van der Waals surface area (Å²) in [5.41, 5.74) is 0. The zero-order valence-electron chi connectivity index (χ0n) is 34.1. The highest BCUT2D eigenvalue weighted by Crippen LogP contribution is 2.39. The van der Waals surface area contributed by atoms with Crippen LogP contribution in [0.2, 0.25) is 0 Å². The maximum Gasteiger partial charge on any atom is 0.187 e. The molecule has 12 N–H and O–H groups in total. The van der Waals surface area contributed by atoms with E-state index < -0.39 is 220 Å². The van der Waals surface area contributed by atoms with Gasteiger partial charge in [-0.05, 0) is 0 Å². The van der Waals surface area contributed by atoms with Crippen LogP contribution in [0.3, 0.4) is 0 Å². The minimum Gasteiger partial charge on any atom is -0.387 e. The smallest absolute Gasteiger partial charge is 0.187 e. The van der Waals surface area contributed by atoms with E-state index in [1.807, 2.05) is 0 Å². The lowest BCUT2D eigenvalue weighted by Crippen LogP contribution is -2.68. The Labute approximate surface area is 405 Å². The minimum absolute atomic E-state index is 0.456. The van der Waals surface area contributed by atoms with Crippen LogP contribution in [0.15, 0.2) is 0 Å². The number of hydrogen-bond acceptors (Lipinski definition) is 24. The third kappa shape index (κ3) is 10.7. The highest BCUT2D eigenvalue weighted by atomic mass is 35.5. The van der Waals surface area contributed by atoms with Crippen molar-refractivity contribution < 1.29 is 118 Å². The van der Waals surface area contributed by atoms with Crippen LogP contribution in [0.25, 0.3) is 0 Å². The molecule has 0 saturated carbocycles. The lowest BCUT2D eigenvalue weighted by Gasteiger charge is -2.50. The molecule has 0 aromatic rings. The molecule has 0 aromatic heterocycles. The van der Waals surface area contributed by atoms with E-state index in [4.69, 9.17) is 126 Å². The van der Waals surface area contributed by atoms with Gasteiger partial charge in [0.25, 0.3) is 0 Å². The minimum atomic E-state index is -2.00. The van der Waals surface area contributed by atoms with Crippen molar-refractivity contribution in [1.29, 1.82) is 0 Å². The van der Waals surface area contributed by atoms with E-state index in [1.54, 1.807) is 0 Å². The Morgan fingerprint density at radius 1 is 0.197 bits per heavy atom. The Morgan fingerprint density at radius 2 is 0.318 bits per heavy atom. The fraction of sp³-hybridized carbons (Fsp3) is 1.00. The van der Waals surface area contributed by atoms with Crippen molar-refractivity contribution in [1.82, 2.24) is 0 Å². The van der Waals surface area contributed by atoms with E-state index in [-0.39, 0.29) is 0 Å². The van der Waals surface area contributed by atoms with Crippen LogP contribution in [0.5, 0.6) is 0 Å². The number of aliphatic hydroxyl groups excluding tert-OH is 12. The lowest BCUT2D eigenvalue weighted by atomic mass is 9.95. The molecule has 22 rings (SSSR count). The maximum atomic E-state index is 11.3. The second-order valence-electron chi connectivity index (χ2n) is 16.7. The molecule has 0 spiro atoms. The van der Waals surface area contributed by atoms with Gasteiger partial charge in [-0.3, -0.25) is 0 Å². The third-order valence-corrected chi connectivity index (χ3v) is 14.3. The number of rotatable bonds is 6. The molecule has 0 unspecified atom stereocenters. The summed E-state index contributed by atoms with van der Waals surface area (Å²) >= 11 is 37.3. The number of hydrogen-bond donors (Lipinski definition) is 12. The normalized spacial score (nSPS) is 55.4. The molecule has 22 fully saturated rings. The second-order valence-corrected chi connectivity index (χ2v) is 18.5. The number of aliphatic hydroxyl groups is 12. The van der Waals surface area contributed by atoms with Crippen molar-refractivity contribution in [2.45, 2.75) is 184 Å². The highest BCUT2D eigenvalue weighted by Gasteiger charge is 2.58. The SMILES string of the molecule is O[C@@H]1[C@@H](O)[C@H]2O[C@H]3[C@H](O)[C@@H](O)[C@@H](O[C@H]4[C@H](O)[C@@H](O)[C@@H](O[C@H]5[C@H](O)[C@@H](O)[C@@H](O[C@H]6[C@H](O)[C@@H](O)[C@@H](O[C@H]7[C@H](O)[C@@H](O)[C@@H](O[C@@H]1[C@@H](CCl)O2)O[C@@H]7CCl)O[C@@H]6CCl)O[C@@H]5CCl)O[C@@H]4CCl)O[C@@H]3CCl. The summed E-state index contributed by atoms with van der Waals surface area (Å²) in [7, 11) is 0. The van der Waals surface area contributed by atoms with Gasteiger partial charge in [0.2, 0.25) is 0 Å². The fourth-order valence-electron chi connectivity index (χ4n) is 8.79. The summed E-state index contributed by atoms with van der Waals surface area (Å²) in [6.07, 6.45) is -52.5. The van der Waals surface area contributed by atoms with Crippen LogP contribution in [-0.2, 0) is 56.8 Å². The van der Waals surface area contributed by atoms with Crippen LogP contribution < -0.4 is 0 Å². The summed E-state index contributed by atoms with van der Waals surface area (Å²) in [6.45, 7) is 0. The molecular weight excluding hydrogens is 1030 g/mol. The Balaban J connectivity index is 1.19. The van der Waals surface area contributed by atoms with Gasteiger partial charge in [0.1, 0.15) is 146 Å². The van der Waals surface area contributed by atoms with Gasteiger partial charge in [-0.15, -0.1) is 69.6 Å². The van der Waals surface area contributed by atoms with Crippen LogP contribution in [0.1, 0.15) is 0 Å². The molecule has 22 aliphatic heterocycles. The first kappa shape index (κ1) is 54.6. The van der Waals surface area contributed by atoms with E-state index in [1.165, 1.54) is 0 Å². The van der Waals surface area contributed by atoms with E-state index in [0.29, 0.717) is 0 Å². The summed E-state index contributed by atoms with van der Waals surface area (Å²) < 4.78 is 70.2. The molecule has 384 valence electrons. The van der Waals surface area contributed by atoms with Crippen molar-refractivity contribution in [3.63, 3.8) is 0 Å². The number of ether oxygens (including phenoxy) is 12. The first-order chi connectivity index (χ1) is 31.4. The average molecular weight is 1080 g/mol. The molecule has 22 heterocycles. The molecule has 12 bridgehead atoms. The molecular formula is C36H54Cl6O24. The predicted octanol–water partition coefficient (Wildman–Crippen LogP) is -5.58. The van der Waals surface area contributed by atoms with Gasteiger partial charge in [-0.25, -0.2) is 0 Å². The van der Waals surface area contributed by atoms with E-state index in [0.717, 1.165) is 0 Å².